The van der Waals surface area contributed by atoms with Crippen molar-refractivity contribution >= 4 is 17.3 Å². The van der Waals surface area contributed by atoms with Gasteiger partial charge >= 0.3 is 0 Å². The van der Waals surface area contributed by atoms with Crippen molar-refractivity contribution in [1.29, 1.82) is 0 Å². The summed E-state index contributed by atoms with van der Waals surface area (Å²) in [7, 11) is 3.96. The molecule has 2 aromatic carbocycles. The fourth-order valence-electron chi connectivity index (χ4n) is 2.50. The molecule has 122 valence electrons. The molecule has 3 rings (SSSR count). The van der Waals surface area contributed by atoms with Crippen molar-refractivity contribution in [2.45, 2.75) is 6.92 Å². The standard InChI is InChI=1S/C19H20N4O/c1-14-18(13-20-23(14)17-7-5-4-6-8-17)19(24)21-15-9-11-16(12-10-15)22(2)3/h4-13H,1-3H3,(H,21,24). The first-order valence-electron chi connectivity index (χ1n) is 7.75. The summed E-state index contributed by atoms with van der Waals surface area (Å²) in [5.74, 6) is -0.160. The molecule has 0 saturated carbocycles. The molecule has 0 bridgehead atoms. The molecule has 0 saturated heterocycles. The van der Waals surface area contributed by atoms with Gasteiger partial charge in [-0.25, -0.2) is 4.68 Å². The molecule has 5 heteroatoms. The number of aromatic nitrogens is 2. The molecule has 1 heterocycles. The highest BCUT2D eigenvalue weighted by molar-refractivity contribution is 6.05. The van der Waals surface area contributed by atoms with Crippen molar-refractivity contribution in [1.82, 2.24) is 9.78 Å². The SMILES string of the molecule is Cc1c(C(=O)Nc2ccc(N(C)C)cc2)cnn1-c1ccccc1. The van der Waals surface area contributed by atoms with Gasteiger partial charge in [0.05, 0.1) is 23.1 Å². The highest BCUT2D eigenvalue weighted by Crippen LogP contribution is 2.18. The zero-order valence-corrected chi connectivity index (χ0v) is 14.0. The first-order valence-corrected chi connectivity index (χ1v) is 7.75. The van der Waals surface area contributed by atoms with Crippen molar-refractivity contribution in [3.8, 4) is 5.69 Å². The van der Waals surface area contributed by atoms with E-state index in [1.165, 1.54) is 0 Å². The molecule has 0 aliphatic rings. The highest BCUT2D eigenvalue weighted by atomic mass is 16.1. The van der Waals surface area contributed by atoms with Gasteiger partial charge in [-0.2, -0.15) is 5.10 Å². The van der Waals surface area contributed by atoms with Gasteiger partial charge in [-0.15, -0.1) is 0 Å². The molecular formula is C19H20N4O. The van der Waals surface area contributed by atoms with Gasteiger partial charge in [-0.1, -0.05) is 18.2 Å². The second-order valence-corrected chi connectivity index (χ2v) is 5.79. The van der Waals surface area contributed by atoms with Gasteiger partial charge in [0.2, 0.25) is 0 Å². The third-order valence-corrected chi connectivity index (χ3v) is 3.90. The van der Waals surface area contributed by atoms with E-state index in [1.54, 1.807) is 10.9 Å². The monoisotopic (exact) mass is 320 g/mol. The van der Waals surface area contributed by atoms with Crippen LogP contribution in [0.5, 0.6) is 0 Å². The Labute approximate surface area is 141 Å². The second kappa shape index (κ2) is 6.58. The average molecular weight is 320 g/mol. The Bertz CT molecular complexity index is 836. The van der Waals surface area contributed by atoms with E-state index < -0.39 is 0 Å². The number of rotatable bonds is 4. The van der Waals surface area contributed by atoms with Crippen LogP contribution in [-0.4, -0.2) is 29.8 Å². The van der Waals surface area contributed by atoms with Crippen molar-refractivity contribution in [2.24, 2.45) is 0 Å². The molecule has 0 spiro atoms. The van der Waals surface area contributed by atoms with E-state index in [0.29, 0.717) is 5.56 Å². The number of carbonyl (C=O) groups excluding carboxylic acids is 1. The van der Waals surface area contributed by atoms with Crippen LogP contribution < -0.4 is 10.2 Å². The minimum absolute atomic E-state index is 0.160. The van der Waals surface area contributed by atoms with Crippen LogP contribution in [0, 0.1) is 6.92 Å². The van der Waals surface area contributed by atoms with Crippen LogP contribution in [-0.2, 0) is 0 Å². The van der Waals surface area contributed by atoms with E-state index in [1.807, 2.05) is 80.5 Å². The summed E-state index contributed by atoms with van der Waals surface area (Å²) in [5, 5.41) is 7.25. The first-order chi connectivity index (χ1) is 11.6. The summed E-state index contributed by atoms with van der Waals surface area (Å²) in [4.78, 5) is 14.5. The quantitative estimate of drug-likeness (QED) is 0.800. The minimum atomic E-state index is -0.160. The van der Waals surface area contributed by atoms with Crippen LogP contribution in [0.1, 0.15) is 16.1 Å². The number of nitrogens with zero attached hydrogens (tertiary/aromatic N) is 3. The van der Waals surface area contributed by atoms with Gasteiger partial charge in [0, 0.05) is 25.5 Å². The Morgan fingerprint density at radius 1 is 1.04 bits per heavy atom. The maximum atomic E-state index is 12.5. The van der Waals surface area contributed by atoms with Crippen molar-refractivity contribution in [3.05, 3.63) is 72.1 Å². The molecule has 0 fully saturated rings. The van der Waals surface area contributed by atoms with Crippen molar-refractivity contribution < 1.29 is 4.79 Å². The maximum Gasteiger partial charge on any atom is 0.259 e. The Morgan fingerprint density at radius 3 is 2.33 bits per heavy atom. The van der Waals surface area contributed by atoms with Crippen molar-refractivity contribution in [3.63, 3.8) is 0 Å². The van der Waals surface area contributed by atoms with Gasteiger partial charge in [0.25, 0.3) is 5.91 Å². The Kier molecular flexibility index (Phi) is 4.33. The molecule has 5 nitrogen and oxygen atoms in total. The third-order valence-electron chi connectivity index (χ3n) is 3.90. The largest absolute Gasteiger partial charge is 0.378 e. The van der Waals surface area contributed by atoms with Crippen LogP contribution in [0.15, 0.2) is 60.8 Å². The third kappa shape index (κ3) is 3.15. The summed E-state index contributed by atoms with van der Waals surface area (Å²) >= 11 is 0. The zero-order valence-electron chi connectivity index (χ0n) is 14.0. The zero-order chi connectivity index (χ0) is 17.1. The summed E-state index contributed by atoms with van der Waals surface area (Å²) in [6.07, 6.45) is 1.60. The van der Waals surface area contributed by atoms with Crippen LogP contribution in [0.2, 0.25) is 0 Å². The van der Waals surface area contributed by atoms with Crippen LogP contribution >= 0.6 is 0 Å². The number of hydrogen-bond donors (Lipinski definition) is 1. The van der Waals surface area contributed by atoms with E-state index >= 15 is 0 Å². The Hall–Kier alpha value is -3.08. The molecule has 1 N–H and O–H groups in total. The fraction of sp³-hybridized carbons (Fsp3) is 0.158. The molecular weight excluding hydrogens is 300 g/mol. The molecule has 1 amide bonds. The fourth-order valence-corrected chi connectivity index (χ4v) is 2.50. The van der Waals surface area contributed by atoms with Gasteiger partial charge < -0.3 is 10.2 Å². The number of carbonyl (C=O) groups is 1. The van der Waals surface area contributed by atoms with E-state index in [9.17, 15) is 4.79 Å². The number of hydrogen-bond acceptors (Lipinski definition) is 3. The number of benzene rings is 2. The summed E-state index contributed by atoms with van der Waals surface area (Å²) in [6.45, 7) is 1.89. The average Bonchev–Trinajstić information content (AvgIpc) is 2.98. The molecule has 0 aliphatic heterocycles. The molecule has 0 radical (unpaired) electrons. The molecule has 0 aliphatic carbocycles. The van der Waals surface area contributed by atoms with E-state index in [0.717, 1.165) is 22.8 Å². The maximum absolute atomic E-state index is 12.5. The van der Waals surface area contributed by atoms with Crippen LogP contribution in [0.3, 0.4) is 0 Å². The Balaban J connectivity index is 1.80. The molecule has 24 heavy (non-hydrogen) atoms. The summed E-state index contributed by atoms with van der Waals surface area (Å²) < 4.78 is 1.77. The lowest BCUT2D eigenvalue weighted by molar-refractivity contribution is 0.102. The smallest absolute Gasteiger partial charge is 0.259 e. The predicted molar refractivity (Wildman–Crippen MR) is 97.0 cm³/mol. The number of anilines is 2. The van der Waals surface area contributed by atoms with E-state index in [-0.39, 0.29) is 5.91 Å². The summed E-state index contributed by atoms with van der Waals surface area (Å²) in [5.41, 5.74) is 4.15. The Morgan fingerprint density at radius 2 is 1.71 bits per heavy atom. The predicted octanol–water partition coefficient (Wildman–Crippen LogP) is 3.50. The first kappa shape index (κ1) is 15.8. The lowest BCUT2D eigenvalue weighted by atomic mass is 10.2. The summed E-state index contributed by atoms with van der Waals surface area (Å²) in [6, 6.07) is 17.5. The van der Waals surface area contributed by atoms with E-state index in [4.69, 9.17) is 0 Å². The van der Waals surface area contributed by atoms with Crippen LogP contribution in [0.4, 0.5) is 11.4 Å². The highest BCUT2D eigenvalue weighted by Gasteiger charge is 2.15. The molecule has 1 aromatic heterocycles. The van der Waals surface area contributed by atoms with E-state index in [2.05, 4.69) is 10.4 Å². The number of nitrogens with one attached hydrogen (secondary N) is 1. The second-order valence-electron chi connectivity index (χ2n) is 5.79. The molecule has 0 atom stereocenters. The van der Waals surface area contributed by atoms with Gasteiger partial charge in [-0.05, 0) is 43.3 Å². The van der Waals surface area contributed by atoms with Crippen molar-refractivity contribution in [2.75, 3.05) is 24.3 Å². The minimum Gasteiger partial charge on any atom is -0.378 e. The topological polar surface area (TPSA) is 50.2 Å². The van der Waals surface area contributed by atoms with Crippen LogP contribution in [0.25, 0.3) is 5.69 Å². The normalized spacial score (nSPS) is 10.5. The lowest BCUT2D eigenvalue weighted by Gasteiger charge is -2.13. The van der Waals surface area contributed by atoms with Gasteiger partial charge in [0.1, 0.15) is 0 Å². The molecule has 3 aromatic rings. The van der Waals surface area contributed by atoms with Gasteiger partial charge in [-0.3, -0.25) is 4.79 Å². The lowest BCUT2D eigenvalue weighted by Crippen LogP contribution is -2.13. The van der Waals surface area contributed by atoms with Gasteiger partial charge in [0.15, 0.2) is 0 Å². The number of para-hydroxylation sites is 1. The molecule has 0 unspecified atom stereocenters. The number of amides is 1.